The molecule has 1 amide bonds. The molecular weight excluding hydrogens is 979 g/mol. The molecule has 10 nitrogen and oxygen atoms in total. The van der Waals surface area contributed by atoms with Crippen molar-refractivity contribution in [1.82, 2.24) is 4.90 Å². The Labute approximate surface area is 456 Å². The minimum Gasteiger partial charge on any atom is -0.466 e. The Hall–Kier alpha value is -6.99. The lowest BCUT2D eigenvalue weighted by atomic mass is 9.94. The van der Waals surface area contributed by atoms with Gasteiger partial charge in [0, 0.05) is 12.5 Å². The number of ketones is 1. The lowest BCUT2D eigenvalue weighted by Gasteiger charge is -2.44. The van der Waals surface area contributed by atoms with E-state index in [9.17, 15) is 4.79 Å². The number of ether oxygens (including phenoxy) is 5. The lowest BCUT2D eigenvalue weighted by molar-refractivity contribution is -0.180. The summed E-state index contributed by atoms with van der Waals surface area (Å²) in [6.07, 6.45) is -3.44. The number of rotatable bonds is 27. The van der Waals surface area contributed by atoms with Gasteiger partial charge in [0.25, 0.3) is 8.32 Å². The van der Waals surface area contributed by atoms with E-state index in [1.54, 1.807) is 11.8 Å². The molecule has 8 rings (SSSR count). The van der Waals surface area contributed by atoms with Crippen molar-refractivity contribution in [2.75, 3.05) is 26.4 Å². The average Bonchev–Trinajstić information content (AvgIpc) is 3.85. The second-order valence-electron chi connectivity index (χ2n) is 20.6. The Morgan fingerprint density at radius 3 is 1.45 bits per heavy atom. The monoisotopic (exact) mass is 1050 g/mol. The van der Waals surface area contributed by atoms with Crippen LogP contribution in [0.15, 0.2) is 200 Å². The standard InChI is InChI=1S/C66H73NO9Si/c1-6-8-42-67(65(70)75-47-58-56-40-26-24-38-54(56)55-39-25-27-41-57(55)58)59(43-61(69)71-7-2)62(72-44-49-28-14-9-15-29-49)64(74-46-51-32-18-11-19-33-51)63(73-45-50-30-16-10-17-31-50)60(68)48-76-77(66(3,4)5,52-34-20-12-21-35-52)53-36-22-13-23-37-53/h9-41,58-59,62-64H,6-8,42-48H2,1-5H3/t59-,62-,63+,64+/m0/s1. The number of unbranched alkanes of at least 4 members (excludes halogenated alkanes) is 1. The van der Waals surface area contributed by atoms with E-state index < -0.39 is 55.6 Å². The van der Waals surface area contributed by atoms with Crippen LogP contribution in [-0.2, 0) is 57.5 Å². The SMILES string of the molecule is CCCCN(C(=O)OCC1c2ccccc2-c2ccccc21)[C@@H](CC(=O)OCC)[C@H](OCc1ccccc1)[C@@H](OCc1ccccc1)[C@H](OCc1ccccc1)C(=O)CO[Si](c1ccccc1)(c1ccccc1)C(C)(C)C. The summed E-state index contributed by atoms with van der Waals surface area (Å²) in [6.45, 7) is 10.4. The molecule has 11 heteroatoms. The first-order valence-electron chi connectivity index (χ1n) is 27.0. The van der Waals surface area contributed by atoms with Crippen molar-refractivity contribution in [1.29, 1.82) is 0 Å². The van der Waals surface area contributed by atoms with E-state index in [2.05, 4.69) is 69.3 Å². The molecule has 0 N–H and O–H groups in total. The van der Waals surface area contributed by atoms with Gasteiger partial charge in [-0.05, 0) is 67.7 Å². The Morgan fingerprint density at radius 1 is 0.545 bits per heavy atom. The molecule has 0 spiro atoms. The average molecular weight is 1050 g/mol. The quantitative estimate of drug-likeness (QED) is 0.0367. The summed E-state index contributed by atoms with van der Waals surface area (Å²) in [4.78, 5) is 47.1. The highest BCUT2D eigenvalue weighted by molar-refractivity contribution is 6.99. The highest BCUT2D eigenvalue weighted by Crippen LogP contribution is 2.45. The molecule has 0 saturated heterocycles. The molecule has 0 fully saturated rings. The van der Waals surface area contributed by atoms with Crippen molar-refractivity contribution in [3.05, 3.63) is 228 Å². The van der Waals surface area contributed by atoms with E-state index in [1.165, 1.54) is 0 Å². The fourth-order valence-corrected chi connectivity index (χ4v) is 15.2. The van der Waals surface area contributed by atoms with E-state index in [1.807, 2.05) is 159 Å². The summed E-state index contributed by atoms with van der Waals surface area (Å²) in [6, 6.07) is 64.7. The minimum atomic E-state index is -3.28. The van der Waals surface area contributed by atoms with Gasteiger partial charge in [0.05, 0.1) is 45.5 Å². The number of hydrogen-bond acceptors (Lipinski definition) is 9. The summed E-state index contributed by atoms with van der Waals surface area (Å²) in [5.41, 5.74) is 6.83. The molecule has 0 unspecified atom stereocenters. The highest BCUT2D eigenvalue weighted by Gasteiger charge is 2.52. The third kappa shape index (κ3) is 14.0. The van der Waals surface area contributed by atoms with Crippen LogP contribution in [0.25, 0.3) is 11.1 Å². The molecule has 1 aliphatic carbocycles. The van der Waals surface area contributed by atoms with Crippen LogP contribution in [0.2, 0.25) is 5.04 Å². The van der Waals surface area contributed by atoms with Crippen LogP contribution in [0.3, 0.4) is 0 Å². The van der Waals surface area contributed by atoms with Crippen LogP contribution in [0.5, 0.6) is 0 Å². The number of amides is 1. The van der Waals surface area contributed by atoms with Gasteiger partial charge in [0.2, 0.25) is 0 Å². The van der Waals surface area contributed by atoms with Crippen molar-refractivity contribution >= 4 is 36.5 Å². The van der Waals surface area contributed by atoms with Crippen molar-refractivity contribution in [3.63, 3.8) is 0 Å². The van der Waals surface area contributed by atoms with Crippen LogP contribution >= 0.6 is 0 Å². The van der Waals surface area contributed by atoms with Gasteiger partial charge in [-0.1, -0.05) is 234 Å². The van der Waals surface area contributed by atoms with Gasteiger partial charge in [0.15, 0.2) is 5.78 Å². The van der Waals surface area contributed by atoms with Gasteiger partial charge >= 0.3 is 12.1 Å². The van der Waals surface area contributed by atoms with Gasteiger partial charge in [-0.2, -0.15) is 0 Å². The largest absolute Gasteiger partial charge is 0.466 e. The Balaban J connectivity index is 1.25. The van der Waals surface area contributed by atoms with E-state index in [0.29, 0.717) is 6.42 Å². The van der Waals surface area contributed by atoms with Crippen LogP contribution in [-0.4, -0.2) is 81.8 Å². The zero-order chi connectivity index (χ0) is 54.0. The maximum Gasteiger partial charge on any atom is 0.410 e. The minimum absolute atomic E-state index is 0.0293. The van der Waals surface area contributed by atoms with Crippen molar-refractivity contribution in [2.45, 2.75) is 109 Å². The normalized spacial score (nSPS) is 13.9. The Kier molecular flexibility index (Phi) is 20.0. The molecular formula is C66H73NO9Si. The van der Waals surface area contributed by atoms with E-state index >= 15 is 9.59 Å². The number of fused-ring (bicyclic) bond motifs is 3. The molecule has 0 saturated carbocycles. The second-order valence-corrected chi connectivity index (χ2v) is 24.9. The zero-order valence-electron chi connectivity index (χ0n) is 45.1. The van der Waals surface area contributed by atoms with E-state index in [0.717, 1.165) is 55.7 Å². The van der Waals surface area contributed by atoms with Crippen molar-refractivity contribution < 1.29 is 42.5 Å². The lowest BCUT2D eigenvalue weighted by Crippen LogP contribution is -2.67. The molecule has 400 valence electrons. The predicted molar refractivity (Wildman–Crippen MR) is 305 cm³/mol. The molecule has 7 aromatic rings. The molecule has 77 heavy (non-hydrogen) atoms. The van der Waals surface area contributed by atoms with Gasteiger partial charge in [0.1, 0.15) is 24.9 Å². The molecule has 1 aliphatic rings. The maximum atomic E-state index is 15.9. The zero-order valence-corrected chi connectivity index (χ0v) is 46.1. The van der Waals surface area contributed by atoms with Crippen LogP contribution in [0, 0.1) is 0 Å². The number of hydrogen-bond donors (Lipinski definition) is 0. The highest BCUT2D eigenvalue weighted by atomic mass is 28.4. The second kappa shape index (κ2) is 27.4. The van der Waals surface area contributed by atoms with Crippen molar-refractivity contribution in [3.8, 4) is 11.1 Å². The third-order valence-corrected chi connectivity index (χ3v) is 19.4. The Bertz CT molecular complexity index is 2850. The molecule has 0 heterocycles. The van der Waals surface area contributed by atoms with Gasteiger partial charge in [-0.3, -0.25) is 9.59 Å². The smallest absolute Gasteiger partial charge is 0.410 e. The molecule has 0 bridgehead atoms. The van der Waals surface area contributed by atoms with Gasteiger partial charge < -0.3 is 33.0 Å². The Morgan fingerprint density at radius 2 is 0.987 bits per heavy atom. The van der Waals surface area contributed by atoms with E-state index in [4.69, 9.17) is 28.1 Å². The molecule has 0 aromatic heterocycles. The van der Waals surface area contributed by atoms with Crippen LogP contribution in [0.4, 0.5) is 4.79 Å². The third-order valence-electron chi connectivity index (χ3n) is 14.4. The molecule has 0 aliphatic heterocycles. The topological polar surface area (TPSA) is 110 Å². The number of nitrogens with zero attached hydrogens (tertiary/aromatic N) is 1. The molecule has 0 radical (unpaired) electrons. The summed E-state index contributed by atoms with van der Waals surface area (Å²) in [5.74, 6) is -1.17. The van der Waals surface area contributed by atoms with Crippen LogP contribution < -0.4 is 10.4 Å². The fraction of sp³-hybridized carbons (Fsp3) is 0.318. The first kappa shape index (κ1) is 56.2. The first-order valence-corrected chi connectivity index (χ1v) is 28.9. The predicted octanol–water partition coefficient (Wildman–Crippen LogP) is 12.3. The number of carbonyl (C=O) groups excluding carboxylic acids is 3. The summed E-state index contributed by atoms with van der Waals surface area (Å²) in [7, 11) is -3.28. The molecule has 7 aromatic carbocycles. The van der Waals surface area contributed by atoms with Crippen LogP contribution in [0.1, 0.15) is 87.6 Å². The molecule has 4 atom stereocenters. The van der Waals surface area contributed by atoms with Gasteiger partial charge in [-0.15, -0.1) is 0 Å². The van der Waals surface area contributed by atoms with Crippen molar-refractivity contribution in [2.24, 2.45) is 0 Å². The summed E-state index contributed by atoms with van der Waals surface area (Å²) >= 11 is 0. The summed E-state index contributed by atoms with van der Waals surface area (Å²) in [5, 5.41) is 1.57. The maximum absolute atomic E-state index is 15.9. The van der Waals surface area contributed by atoms with Gasteiger partial charge in [-0.25, -0.2) is 4.79 Å². The number of Topliss-reactive ketones (excluding diaryl/α,β-unsaturated/α-hetero) is 1. The van der Waals surface area contributed by atoms with E-state index in [-0.39, 0.29) is 58.5 Å². The number of carbonyl (C=O) groups is 3. The first-order chi connectivity index (χ1) is 37.5. The number of esters is 1. The summed E-state index contributed by atoms with van der Waals surface area (Å²) < 4.78 is 40.9. The fourth-order valence-electron chi connectivity index (χ4n) is 10.7. The number of benzene rings is 7.